The average Bonchev–Trinajstić information content (AvgIpc) is 3.33. The predicted octanol–water partition coefficient (Wildman–Crippen LogP) is 5.73. The summed E-state index contributed by atoms with van der Waals surface area (Å²) in [5, 5.41) is 13.9. The molecule has 0 aliphatic carbocycles. The maximum Gasteiger partial charge on any atom is 0.416 e. The number of aliphatic hydroxyl groups is 1. The summed E-state index contributed by atoms with van der Waals surface area (Å²) >= 11 is 0. The maximum absolute atomic E-state index is 13.8. The Hall–Kier alpha value is -4.35. The molecule has 8 nitrogen and oxygen atoms in total. The number of aliphatic hydroxyl groups excluding tert-OH is 1. The van der Waals surface area contributed by atoms with E-state index >= 15 is 0 Å². The predicted molar refractivity (Wildman–Crippen MR) is 171 cm³/mol. The summed E-state index contributed by atoms with van der Waals surface area (Å²) in [4.78, 5) is 30.5. The van der Waals surface area contributed by atoms with Gasteiger partial charge in [0.15, 0.2) is 0 Å². The Labute approximate surface area is 266 Å². The molecular formula is C35H39F3N4O4. The summed E-state index contributed by atoms with van der Waals surface area (Å²) < 4.78 is 47.4. The number of rotatable bonds is 9. The van der Waals surface area contributed by atoms with Gasteiger partial charge >= 0.3 is 6.18 Å². The highest BCUT2D eigenvalue weighted by atomic mass is 19.4. The van der Waals surface area contributed by atoms with Crippen molar-refractivity contribution < 1.29 is 32.6 Å². The number of carbonyl (C=O) groups is 2. The second-order valence-electron chi connectivity index (χ2n) is 12.2. The number of fused-ring (bicyclic) bond motifs is 2. The van der Waals surface area contributed by atoms with E-state index in [1.54, 1.807) is 30.0 Å². The van der Waals surface area contributed by atoms with Gasteiger partial charge in [0.05, 0.1) is 30.2 Å². The van der Waals surface area contributed by atoms with E-state index in [1.165, 1.54) is 12.1 Å². The molecule has 4 aromatic rings. The van der Waals surface area contributed by atoms with Crippen LogP contribution in [0.25, 0.3) is 10.9 Å². The van der Waals surface area contributed by atoms with Crippen molar-refractivity contribution in [3.8, 4) is 5.75 Å². The first-order valence-corrected chi connectivity index (χ1v) is 15.2. The Morgan fingerprint density at radius 1 is 1.13 bits per heavy atom. The van der Waals surface area contributed by atoms with Crippen LogP contribution < -0.4 is 10.1 Å². The van der Waals surface area contributed by atoms with E-state index in [0.29, 0.717) is 31.1 Å². The number of nitrogens with zero attached hydrogens (tertiary/aromatic N) is 3. The number of halogens is 3. The van der Waals surface area contributed by atoms with Crippen molar-refractivity contribution in [1.82, 2.24) is 14.4 Å². The van der Waals surface area contributed by atoms with Crippen LogP contribution in [0.3, 0.4) is 0 Å². The highest BCUT2D eigenvalue weighted by Crippen LogP contribution is 2.32. The van der Waals surface area contributed by atoms with Gasteiger partial charge in [0, 0.05) is 55.4 Å². The van der Waals surface area contributed by atoms with Crippen LogP contribution in [-0.4, -0.2) is 70.2 Å². The maximum atomic E-state index is 13.8. The van der Waals surface area contributed by atoms with E-state index < -0.39 is 17.8 Å². The number of hydrogen-bond donors (Lipinski definition) is 2. The molecule has 0 unspecified atom stereocenters. The molecule has 0 spiro atoms. The SMILES string of the molecule is C[C@@H]1CN([C@@H](C)CO)C(=O)c2cc(NC(=O)Cc3cn(C)c4ccccc34)ccc2O[C@H]1CN(C)Cc1ccc(C(F)(F)F)cc1. The lowest BCUT2D eigenvalue weighted by atomic mass is 9.99. The van der Waals surface area contributed by atoms with Gasteiger partial charge in [-0.2, -0.15) is 13.2 Å². The Kier molecular flexibility index (Phi) is 9.74. The fourth-order valence-electron chi connectivity index (χ4n) is 5.95. The zero-order chi connectivity index (χ0) is 33.2. The molecule has 0 fully saturated rings. The highest BCUT2D eigenvalue weighted by molar-refractivity contribution is 6.00. The number of alkyl halides is 3. The van der Waals surface area contributed by atoms with Gasteiger partial charge in [0.1, 0.15) is 11.9 Å². The number of para-hydroxylation sites is 1. The third-order valence-corrected chi connectivity index (χ3v) is 8.50. The first-order valence-electron chi connectivity index (χ1n) is 15.2. The number of nitrogens with one attached hydrogen (secondary N) is 1. The monoisotopic (exact) mass is 636 g/mol. The summed E-state index contributed by atoms with van der Waals surface area (Å²) in [6, 6.07) is 17.5. The fourth-order valence-corrected chi connectivity index (χ4v) is 5.95. The van der Waals surface area contributed by atoms with E-state index in [2.05, 4.69) is 5.32 Å². The molecule has 0 saturated heterocycles. The zero-order valence-corrected chi connectivity index (χ0v) is 26.3. The molecule has 2 amide bonds. The number of likely N-dealkylation sites (N-methyl/N-ethyl adjacent to an activating group) is 1. The molecule has 0 saturated carbocycles. The molecule has 3 atom stereocenters. The van der Waals surface area contributed by atoms with Gasteiger partial charge in [-0.15, -0.1) is 0 Å². The Bertz CT molecular complexity index is 1700. The van der Waals surface area contributed by atoms with Crippen LogP contribution in [0.1, 0.15) is 40.9 Å². The fraction of sp³-hybridized carbons (Fsp3) is 0.371. The van der Waals surface area contributed by atoms with Gasteiger partial charge in [0.25, 0.3) is 5.91 Å². The smallest absolute Gasteiger partial charge is 0.416 e. The second-order valence-corrected chi connectivity index (χ2v) is 12.2. The first kappa shape index (κ1) is 33.0. The molecule has 1 aromatic heterocycles. The topological polar surface area (TPSA) is 87.0 Å². The standard InChI is InChI=1S/C35H39F3N4O4/c1-22-17-42(23(2)21-43)34(45)29-16-27(39-33(44)15-25-19-41(4)30-8-6-5-7-28(25)30)13-14-31(29)46-32(22)20-40(3)18-24-9-11-26(12-10-24)35(36,37)38/h5-14,16,19,22-23,32,43H,15,17-18,20-21H2,1-4H3,(H,39,44)/t22-,23+,32+/m1/s1. The van der Waals surface area contributed by atoms with Crippen molar-refractivity contribution in [3.05, 3.63) is 95.2 Å². The van der Waals surface area contributed by atoms with Gasteiger partial charge in [-0.1, -0.05) is 37.3 Å². The van der Waals surface area contributed by atoms with Crippen molar-refractivity contribution in [3.63, 3.8) is 0 Å². The molecule has 244 valence electrons. The average molecular weight is 637 g/mol. The minimum Gasteiger partial charge on any atom is -0.488 e. The van der Waals surface area contributed by atoms with Crippen LogP contribution in [0.4, 0.5) is 18.9 Å². The normalized spacial score (nSPS) is 17.8. The first-order chi connectivity index (χ1) is 21.8. The minimum absolute atomic E-state index is 0.138. The number of anilines is 1. The van der Waals surface area contributed by atoms with Crippen molar-refractivity contribution in [1.29, 1.82) is 0 Å². The molecule has 0 bridgehead atoms. The molecule has 46 heavy (non-hydrogen) atoms. The highest BCUT2D eigenvalue weighted by Gasteiger charge is 2.34. The van der Waals surface area contributed by atoms with Crippen LogP contribution in [0, 0.1) is 5.92 Å². The van der Waals surface area contributed by atoms with Crippen LogP contribution in [0.2, 0.25) is 0 Å². The number of hydrogen-bond acceptors (Lipinski definition) is 5. The molecular weight excluding hydrogens is 597 g/mol. The summed E-state index contributed by atoms with van der Waals surface area (Å²) in [6.07, 6.45) is -2.69. The van der Waals surface area contributed by atoms with E-state index in [4.69, 9.17) is 4.74 Å². The van der Waals surface area contributed by atoms with Gasteiger partial charge in [-0.25, -0.2) is 0 Å². The van der Waals surface area contributed by atoms with Crippen LogP contribution >= 0.6 is 0 Å². The summed E-state index contributed by atoms with van der Waals surface area (Å²) in [5.41, 5.74) is 2.67. The molecule has 5 rings (SSSR count). The molecule has 2 N–H and O–H groups in total. The van der Waals surface area contributed by atoms with Gasteiger partial charge < -0.3 is 24.6 Å². The van der Waals surface area contributed by atoms with Gasteiger partial charge in [-0.3, -0.25) is 14.5 Å². The van der Waals surface area contributed by atoms with Crippen LogP contribution in [0.5, 0.6) is 5.75 Å². The number of aryl methyl sites for hydroxylation is 1. The second kappa shape index (κ2) is 13.6. The molecule has 0 radical (unpaired) electrons. The largest absolute Gasteiger partial charge is 0.488 e. The number of benzene rings is 3. The lowest BCUT2D eigenvalue weighted by molar-refractivity contribution is -0.137. The van der Waals surface area contributed by atoms with Crippen molar-refractivity contribution >= 4 is 28.4 Å². The Morgan fingerprint density at radius 3 is 2.54 bits per heavy atom. The quantitative estimate of drug-likeness (QED) is 0.245. The van der Waals surface area contributed by atoms with Gasteiger partial charge in [-0.05, 0) is 61.5 Å². The summed E-state index contributed by atoms with van der Waals surface area (Å²) in [6.45, 7) is 4.66. The third kappa shape index (κ3) is 7.37. The molecule has 3 aromatic carbocycles. The Balaban J connectivity index is 1.35. The van der Waals surface area contributed by atoms with E-state index in [9.17, 15) is 27.9 Å². The summed E-state index contributed by atoms with van der Waals surface area (Å²) in [7, 11) is 3.80. The van der Waals surface area contributed by atoms with E-state index in [0.717, 1.165) is 34.2 Å². The van der Waals surface area contributed by atoms with Crippen LogP contribution in [-0.2, 0) is 31.0 Å². The third-order valence-electron chi connectivity index (χ3n) is 8.50. The lowest BCUT2D eigenvalue weighted by Crippen LogP contribution is -2.49. The lowest BCUT2D eigenvalue weighted by Gasteiger charge is -2.38. The number of amides is 2. The molecule has 2 heterocycles. The molecule has 1 aliphatic rings. The van der Waals surface area contributed by atoms with Crippen LogP contribution in [0.15, 0.2) is 72.9 Å². The number of aromatic nitrogens is 1. The molecule has 11 heteroatoms. The minimum atomic E-state index is -4.39. The Morgan fingerprint density at radius 2 is 1.85 bits per heavy atom. The van der Waals surface area contributed by atoms with E-state index in [1.807, 2.05) is 60.9 Å². The summed E-state index contributed by atoms with van der Waals surface area (Å²) in [5.74, 6) is -0.328. The number of ether oxygens (including phenoxy) is 1. The van der Waals surface area contributed by atoms with Crippen molar-refractivity contribution in [2.75, 3.05) is 32.1 Å². The molecule has 1 aliphatic heterocycles. The van der Waals surface area contributed by atoms with E-state index in [-0.39, 0.29) is 42.4 Å². The van der Waals surface area contributed by atoms with Gasteiger partial charge in [0.2, 0.25) is 5.91 Å². The van der Waals surface area contributed by atoms with Crippen molar-refractivity contribution in [2.24, 2.45) is 13.0 Å². The zero-order valence-electron chi connectivity index (χ0n) is 26.3. The number of carbonyl (C=O) groups excluding carboxylic acids is 2. The van der Waals surface area contributed by atoms with Crippen molar-refractivity contribution in [2.45, 2.75) is 45.1 Å².